The number of hydrogen-bond acceptors (Lipinski definition) is 4. The number of benzene rings is 2. The number of carboxylic acid groups (broad SMARTS) is 1. The van der Waals surface area contributed by atoms with Crippen molar-refractivity contribution in [2.24, 2.45) is 5.92 Å². The van der Waals surface area contributed by atoms with E-state index in [9.17, 15) is 14.7 Å². The molecule has 2 atom stereocenters. The maximum atomic E-state index is 12.6. The summed E-state index contributed by atoms with van der Waals surface area (Å²) in [6.45, 7) is 2.42. The van der Waals surface area contributed by atoms with Gasteiger partial charge in [0.05, 0.1) is 5.92 Å². The van der Waals surface area contributed by atoms with Crippen LogP contribution in [0.25, 0.3) is 0 Å². The molecule has 1 aliphatic heterocycles. The SMILES string of the molecule is CC1CCC(C(=O)O)CN1C(=O)COc1ccccc1OCc1ccccc1. The first-order valence-electron chi connectivity index (χ1n) is 9.45. The van der Waals surface area contributed by atoms with Crippen molar-refractivity contribution >= 4 is 11.9 Å². The monoisotopic (exact) mass is 383 g/mol. The Hall–Kier alpha value is -3.02. The van der Waals surface area contributed by atoms with Crippen LogP contribution in [-0.4, -0.2) is 41.1 Å². The first-order valence-corrected chi connectivity index (χ1v) is 9.45. The molecule has 2 aromatic carbocycles. The second kappa shape index (κ2) is 9.26. The summed E-state index contributed by atoms with van der Waals surface area (Å²) in [6.07, 6.45) is 1.27. The molecule has 6 nitrogen and oxygen atoms in total. The lowest BCUT2D eigenvalue weighted by atomic mass is 9.93. The van der Waals surface area contributed by atoms with Crippen molar-refractivity contribution in [2.75, 3.05) is 13.2 Å². The van der Waals surface area contributed by atoms with Crippen molar-refractivity contribution < 1.29 is 24.2 Å². The molecule has 1 aliphatic rings. The van der Waals surface area contributed by atoms with Crippen LogP contribution in [0, 0.1) is 5.92 Å². The third kappa shape index (κ3) is 5.03. The molecule has 0 bridgehead atoms. The molecule has 1 saturated heterocycles. The van der Waals surface area contributed by atoms with Crippen molar-refractivity contribution in [2.45, 2.75) is 32.4 Å². The van der Waals surface area contributed by atoms with E-state index in [1.165, 1.54) is 0 Å². The molecule has 0 aromatic heterocycles. The normalized spacial score (nSPS) is 19.1. The van der Waals surface area contributed by atoms with Gasteiger partial charge in [0.2, 0.25) is 0 Å². The van der Waals surface area contributed by atoms with E-state index in [2.05, 4.69) is 0 Å². The molecule has 0 saturated carbocycles. The number of nitrogens with zero attached hydrogens (tertiary/aromatic N) is 1. The van der Waals surface area contributed by atoms with Crippen LogP contribution >= 0.6 is 0 Å². The van der Waals surface area contributed by atoms with Crippen molar-refractivity contribution in [3.8, 4) is 11.5 Å². The van der Waals surface area contributed by atoms with Crippen LogP contribution in [0.5, 0.6) is 11.5 Å². The molecule has 1 N–H and O–H groups in total. The van der Waals surface area contributed by atoms with Gasteiger partial charge in [-0.3, -0.25) is 9.59 Å². The van der Waals surface area contributed by atoms with Gasteiger partial charge in [-0.2, -0.15) is 0 Å². The Morgan fingerprint density at radius 3 is 2.32 bits per heavy atom. The van der Waals surface area contributed by atoms with Gasteiger partial charge in [-0.05, 0) is 37.5 Å². The van der Waals surface area contributed by atoms with Crippen LogP contribution < -0.4 is 9.47 Å². The summed E-state index contributed by atoms with van der Waals surface area (Å²) in [6, 6.07) is 17.0. The molecule has 1 amide bonds. The van der Waals surface area contributed by atoms with Gasteiger partial charge < -0.3 is 19.5 Å². The predicted octanol–water partition coefficient (Wildman–Crippen LogP) is 3.36. The molecule has 1 fully saturated rings. The summed E-state index contributed by atoms with van der Waals surface area (Å²) < 4.78 is 11.6. The Kier molecular flexibility index (Phi) is 6.53. The van der Waals surface area contributed by atoms with Crippen LogP contribution in [0.15, 0.2) is 54.6 Å². The summed E-state index contributed by atoms with van der Waals surface area (Å²) in [7, 11) is 0. The zero-order valence-corrected chi connectivity index (χ0v) is 15.9. The van der Waals surface area contributed by atoms with Crippen LogP contribution in [-0.2, 0) is 16.2 Å². The van der Waals surface area contributed by atoms with Gasteiger partial charge >= 0.3 is 5.97 Å². The van der Waals surface area contributed by atoms with Gasteiger partial charge in [-0.1, -0.05) is 42.5 Å². The summed E-state index contributed by atoms with van der Waals surface area (Å²) in [4.78, 5) is 25.5. The highest BCUT2D eigenvalue weighted by Gasteiger charge is 2.32. The number of aliphatic carboxylic acids is 1. The van der Waals surface area contributed by atoms with E-state index >= 15 is 0 Å². The Balaban J connectivity index is 1.59. The van der Waals surface area contributed by atoms with Crippen LogP contribution in [0.1, 0.15) is 25.3 Å². The Bertz CT molecular complexity index is 808. The first kappa shape index (κ1) is 19.7. The summed E-state index contributed by atoms with van der Waals surface area (Å²) >= 11 is 0. The Morgan fingerprint density at radius 2 is 1.64 bits per heavy atom. The largest absolute Gasteiger partial charge is 0.485 e. The third-order valence-corrected chi connectivity index (χ3v) is 4.99. The highest BCUT2D eigenvalue weighted by atomic mass is 16.5. The fourth-order valence-electron chi connectivity index (χ4n) is 3.30. The molecule has 2 unspecified atom stereocenters. The van der Waals surface area contributed by atoms with Crippen LogP contribution in [0.3, 0.4) is 0 Å². The van der Waals surface area contributed by atoms with E-state index in [4.69, 9.17) is 9.47 Å². The number of carbonyl (C=O) groups excluding carboxylic acids is 1. The van der Waals surface area contributed by atoms with Crippen LogP contribution in [0.2, 0.25) is 0 Å². The number of para-hydroxylation sites is 2. The minimum atomic E-state index is -0.856. The highest BCUT2D eigenvalue weighted by Crippen LogP contribution is 2.28. The van der Waals surface area contributed by atoms with Gasteiger partial charge in [0.15, 0.2) is 18.1 Å². The number of carboxylic acids is 1. The number of hydrogen-bond donors (Lipinski definition) is 1. The zero-order chi connectivity index (χ0) is 19.9. The summed E-state index contributed by atoms with van der Waals surface area (Å²) in [5, 5.41) is 9.24. The number of ether oxygens (including phenoxy) is 2. The minimum absolute atomic E-state index is 0.0104. The fourth-order valence-corrected chi connectivity index (χ4v) is 3.30. The lowest BCUT2D eigenvalue weighted by Gasteiger charge is -2.36. The number of amides is 1. The molecule has 0 aliphatic carbocycles. The lowest BCUT2D eigenvalue weighted by Crippen LogP contribution is -2.49. The number of likely N-dealkylation sites (tertiary alicyclic amines) is 1. The fraction of sp³-hybridized carbons (Fsp3) is 0.364. The summed E-state index contributed by atoms with van der Waals surface area (Å²) in [5.41, 5.74) is 1.04. The summed E-state index contributed by atoms with van der Waals surface area (Å²) in [5.74, 6) is -0.524. The van der Waals surface area contributed by atoms with Gasteiger partial charge in [0.25, 0.3) is 5.91 Å². The standard InChI is InChI=1S/C22H25NO5/c1-16-11-12-18(22(25)26)13-23(16)21(24)15-28-20-10-6-5-9-19(20)27-14-17-7-3-2-4-8-17/h2-10,16,18H,11-15H2,1H3,(H,25,26). The van der Waals surface area contributed by atoms with Gasteiger partial charge in [0, 0.05) is 12.6 Å². The molecule has 0 spiro atoms. The first-order chi connectivity index (χ1) is 13.5. The van der Waals surface area contributed by atoms with Crippen molar-refractivity contribution in [1.29, 1.82) is 0 Å². The number of piperidine rings is 1. The predicted molar refractivity (Wildman–Crippen MR) is 104 cm³/mol. The van der Waals surface area contributed by atoms with E-state index < -0.39 is 11.9 Å². The van der Waals surface area contributed by atoms with Gasteiger partial charge in [-0.15, -0.1) is 0 Å². The average Bonchev–Trinajstić information content (AvgIpc) is 2.72. The second-order valence-electron chi connectivity index (χ2n) is 7.02. The Labute approximate surface area is 164 Å². The molecule has 28 heavy (non-hydrogen) atoms. The molecule has 148 valence electrons. The molecule has 3 rings (SSSR count). The third-order valence-electron chi connectivity index (χ3n) is 4.99. The van der Waals surface area contributed by atoms with E-state index in [0.29, 0.717) is 30.9 Å². The number of rotatable bonds is 7. The zero-order valence-electron chi connectivity index (χ0n) is 15.9. The molecule has 6 heteroatoms. The van der Waals surface area contributed by atoms with E-state index in [1.807, 2.05) is 49.4 Å². The quantitative estimate of drug-likeness (QED) is 0.793. The van der Waals surface area contributed by atoms with E-state index in [0.717, 1.165) is 5.56 Å². The molecular weight excluding hydrogens is 358 g/mol. The van der Waals surface area contributed by atoms with Crippen molar-refractivity contribution in [3.63, 3.8) is 0 Å². The van der Waals surface area contributed by atoms with Crippen molar-refractivity contribution in [3.05, 3.63) is 60.2 Å². The molecule has 2 aromatic rings. The lowest BCUT2D eigenvalue weighted by molar-refractivity contribution is -0.147. The molecular formula is C22H25NO5. The molecule has 0 radical (unpaired) electrons. The second-order valence-corrected chi connectivity index (χ2v) is 7.02. The molecule has 1 heterocycles. The van der Waals surface area contributed by atoms with E-state index in [-0.39, 0.29) is 25.1 Å². The van der Waals surface area contributed by atoms with Gasteiger partial charge in [-0.25, -0.2) is 0 Å². The Morgan fingerprint density at radius 1 is 1.00 bits per heavy atom. The maximum absolute atomic E-state index is 12.6. The van der Waals surface area contributed by atoms with Crippen molar-refractivity contribution in [1.82, 2.24) is 4.90 Å². The highest BCUT2D eigenvalue weighted by molar-refractivity contribution is 5.79. The van der Waals surface area contributed by atoms with Gasteiger partial charge in [0.1, 0.15) is 6.61 Å². The maximum Gasteiger partial charge on any atom is 0.308 e. The number of carbonyl (C=O) groups is 2. The minimum Gasteiger partial charge on any atom is -0.485 e. The topological polar surface area (TPSA) is 76.1 Å². The average molecular weight is 383 g/mol. The van der Waals surface area contributed by atoms with E-state index in [1.54, 1.807) is 17.0 Å². The smallest absolute Gasteiger partial charge is 0.308 e. The van der Waals surface area contributed by atoms with Crippen LogP contribution in [0.4, 0.5) is 0 Å².